The van der Waals surface area contributed by atoms with Gasteiger partial charge in [-0.25, -0.2) is 4.39 Å². The van der Waals surface area contributed by atoms with Gasteiger partial charge >= 0.3 is 0 Å². The molecule has 0 aliphatic heterocycles. The third-order valence-electron chi connectivity index (χ3n) is 2.68. The summed E-state index contributed by atoms with van der Waals surface area (Å²) >= 11 is 0. The van der Waals surface area contributed by atoms with Crippen LogP contribution in [0.2, 0.25) is 0 Å². The predicted octanol–water partition coefficient (Wildman–Crippen LogP) is 3.50. The Morgan fingerprint density at radius 3 is 2.76 bits per heavy atom. The van der Waals surface area contributed by atoms with E-state index in [1.165, 1.54) is 6.07 Å². The summed E-state index contributed by atoms with van der Waals surface area (Å²) in [7, 11) is 0. The standard InChI is InChI=1S/C14H16FNO/c1-3-16-9-11-7-8-13(17-11)14-10(2)5-4-6-12(14)15/h4-8,16H,3,9H2,1-2H3. The lowest BCUT2D eigenvalue weighted by Crippen LogP contribution is -2.10. The van der Waals surface area contributed by atoms with E-state index in [0.717, 1.165) is 17.9 Å². The van der Waals surface area contributed by atoms with E-state index in [0.29, 0.717) is 17.9 Å². The molecule has 90 valence electrons. The molecule has 3 heteroatoms. The van der Waals surface area contributed by atoms with E-state index in [9.17, 15) is 4.39 Å². The summed E-state index contributed by atoms with van der Waals surface area (Å²) in [6.45, 7) is 5.47. The van der Waals surface area contributed by atoms with E-state index in [2.05, 4.69) is 5.32 Å². The van der Waals surface area contributed by atoms with Crippen molar-refractivity contribution in [2.45, 2.75) is 20.4 Å². The van der Waals surface area contributed by atoms with Crippen molar-refractivity contribution in [3.8, 4) is 11.3 Å². The van der Waals surface area contributed by atoms with Crippen molar-refractivity contribution in [2.24, 2.45) is 0 Å². The number of rotatable bonds is 4. The fourth-order valence-electron chi connectivity index (χ4n) is 1.80. The summed E-state index contributed by atoms with van der Waals surface area (Å²) < 4.78 is 19.4. The monoisotopic (exact) mass is 233 g/mol. The van der Waals surface area contributed by atoms with E-state index in [1.54, 1.807) is 6.07 Å². The lowest BCUT2D eigenvalue weighted by molar-refractivity contribution is 0.494. The first-order chi connectivity index (χ1) is 8.22. The first kappa shape index (κ1) is 11.9. The van der Waals surface area contributed by atoms with Crippen molar-refractivity contribution in [1.82, 2.24) is 5.32 Å². The molecule has 1 aromatic heterocycles. The maximum absolute atomic E-state index is 13.7. The number of aryl methyl sites for hydroxylation is 1. The largest absolute Gasteiger partial charge is 0.460 e. The molecule has 0 radical (unpaired) electrons. The second-order valence-corrected chi connectivity index (χ2v) is 3.98. The highest BCUT2D eigenvalue weighted by molar-refractivity contribution is 5.62. The average molecular weight is 233 g/mol. The average Bonchev–Trinajstić information content (AvgIpc) is 2.75. The maximum Gasteiger partial charge on any atom is 0.137 e. The van der Waals surface area contributed by atoms with Gasteiger partial charge in [0.2, 0.25) is 0 Å². The normalized spacial score (nSPS) is 10.8. The smallest absolute Gasteiger partial charge is 0.137 e. The minimum Gasteiger partial charge on any atom is -0.460 e. The van der Waals surface area contributed by atoms with Gasteiger partial charge in [0.25, 0.3) is 0 Å². The Bertz CT molecular complexity index is 484. The number of hydrogen-bond acceptors (Lipinski definition) is 2. The van der Waals surface area contributed by atoms with Gasteiger partial charge in [-0.1, -0.05) is 19.1 Å². The molecule has 2 nitrogen and oxygen atoms in total. The molecule has 0 spiro atoms. The van der Waals surface area contributed by atoms with Gasteiger partial charge in [-0.05, 0) is 37.2 Å². The Morgan fingerprint density at radius 2 is 2.06 bits per heavy atom. The lowest BCUT2D eigenvalue weighted by atomic mass is 10.1. The number of hydrogen-bond donors (Lipinski definition) is 1. The van der Waals surface area contributed by atoms with E-state index in [4.69, 9.17) is 4.42 Å². The highest BCUT2D eigenvalue weighted by atomic mass is 19.1. The number of nitrogens with one attached hydrogen (secondary N) is 1. The van der Waals surface area contributed by atoms with Crippen LogP contribution in [-0.2, 0) is 6.54 Å². The van der Waals surface area contributed by atoms with Crippen molar-refractivity contribution in [2.75, 3.05) is 6.54 Å². The SMILES string of the molecule is CCNCc1ccc(-c2c(C)cccc2F)o1. The van der Waals surface area contributed by atoms with Gasteiger partial charge in [-0.3, -0.25) is 0 Å². The fourth-order valence-corrected chi connectivity index (χ4v) is 1.80. The molecule has 17 heavy (non-hydrogen) atoms. The van der Waals surface area contributed by atoms with Crippen LogP contribution in [0.25, 0.3) is 11.3 Å². The van der Waals surface area contributed by atoms with Gasteiger partial charge in [0, 0.05) is 0 Å². The Hall–Kier alpha value is -1.61. The summed E-state index contributed by atoms with van der Waals surface area (Å²) in [5, 5.41) is 3.17. The number of furan rings is 1. The van der Waals surface area contributed by atoms with Crippen LogP contribution in [0.1, 0.15) is 18.2 Å². The van der Waals surface area contributed by atoms with Gasteiger partial charge in [0.15, 0.2) is 0 Å². The van der Waals surface area contributed by atoms with E-state index >= 15 is 0 Å². The van der Waals surface area contributed by atoms with Gasteiger partial charge < -0.3 is 9.73 Å². The van der Waals surface area contributed by atoms with E-state index in [-0.39, 0.29) is 5.82 Å². The maximum atomic E-state index is 13.7. The molecule has 0 aliphatic carbocycles. The molecular formula is C14H16FNO. The zero-order valence-electron chi connectivity index (χ0n) is 10.1. The van der Waals surface area contributed by atoms with Crippen LogP contribution in [0.3, 0.4) is 0 Å². The van der Waals surface area contributed by atoms with Crippen LogP contribution in [0.5, 0.6) is 0 Å². The van der Waals surface area contributed by atoms with Crippen molar-refractivity contribution in [3.63, 3.8) is 0 Å². The van der Waals surface area contributed by atoms with E-state index < -0.39 is 0 Å². The molecule has 0 atom stereocenters. The minimum atomic E-state index is -0.241. The Balaban J connectivity index is 2.30. The molecule has 0 aliphatic rings. The van der Waals surface area contributed by atoms with Gasteiger partial charge in [-0.15, -0.1) is 0 Å². The van der Waals surface area contributed by atoms with Crippen molar-refractivity contribution in [1.29, 1.82) is 0 Å². The molecule has 2 aromatic rings. The highest BCUT2D eigenvalue weighted by Gasteiger charge is 2.11. The molecule has 0 amide bonds. The Labute approximate surface area is 100 Å². The van der Waals surface area contributed by atoms with Crippen LogP contribution in [0.15, 0.2) is 34.7 Å². The third-order valence-corrected chi connectivity index (χ3v) is 2.68. The molecule has 0 bridgehead atoms. The highest BCUT2D eigenvalue weighted by Crippen LogP contribution is 2.28. The van der Waals surface area contributed by atoms with Crippen molar-refractivity contribution < 1.29 is 8.81 Å². The van der Waals surface area contributed by atoms with Crippen LogP contribution in [-0.4, -0.2) is 6.54 Å². The molecule has 1 heterocycles. The quantitative estimate of drug-likeness (QED) is 0.874. The van der Waals surface area contributed by atoms with Crippen LogP contribution >= 0.6 is 0 Å². The minimum absolute atomic E-state index is 0.241. The van der Waals surface area contributed by atoms with Gasteiger partial charge in [-0.2, -0.15) is 0 Å². The van der Waals surface area contributed by atoms with Crippen LogP contribution in [0, 0.1) is 12.7 Å². The second kappa shape index (κ2) is 5.15. The molecule has 0 unspecified atom stereocenters. The topological polar surface area (TPSA) is 25.2 Å². The van der Waals surface area contributed by atoms with Crippen molar-refractivity contribution in [3.05, 3.63) is 47.5 Å². The fraction of sp³-hybridized carbons (Fsp3) is 0.286. The lowest BCUT2D eigenvalue weighted by Gasteiger charge is -2.04. The predicted molar refractivity (Wildman–Crippen MR) is 66.2 cm³/mol. The summed E-state index contributed by atoms with van der Waals surface area (Å²) in [5.41, 5.74) is 1.43. The molecule has 1 N–H and O–H groups in total. The first-order valence-corrected chi connectivity index (χ1v) is 5.77. The van der Waals surface area contributed by atoms with Gasteiger partial charge in [0.1, 0.15) is 17.3 Å². The van der Waals surface area contributed by atoms with E-state index in [1.807, 2.05) is 32.0 Å². The molecular weight excluding hydrogens is 217 g/mol. The zero-order valence-corrected chi connectivity index (χ0v) is 10.1. The first-order valence-electron chi connectivity index (χ1n) is 5.77. The molecule has 1 aromatic carbocycles. The third kappa shape index (κ3) is 2.56. The zero-order chi connectivity index (χ0) is 12.3. The molecule has 0 saturated heterocycles. The summed E-state index contributed by atoms with van der Waals surface area (Å²) in [4.78, 5) is 0. The summed E-state index contributed by atoms with van der Waals surface area (Å²) in [5.74, 6) is 1.17. The molecule has 0 saturated carbocycles. The molecule has 2 rings (SSSR count). The summed E-state index contributed by atoms with van der Waals surface area (Å²) in [6, 6.07) is 8.73. The second-order valence-electron chi connectivity index (χ2n) is 3.98. The van der Waals surface area contributed by atoms with Crippen molar-refractivity contribution >= 4 is 0 Å². The number of halogens is 1. The number of benzene rings is 1. The Kier molecular flexibility index (Phi) is 3.59. The van der Waals surface area contributed by atoms with Gasteiger partial charge in [0.05, 0.1) is 12.1 Å². The van der Waals surface area contributed by atoms with Crippen LogP contribution < -0.4 is 5.32 Å². The Morgan fingerprint density at radius 1 is 1.24 bits per heavy atom. The summed E-state index contributed by atoms with van der Waals surface area (Å²) in [6.07, 6.45) is 0. The van der Waals surface area contributed by atoms with Crippen LogP contribution in [0.4, 0.5) is 4.39 Å². The molecule has 0 fully saturated rings.